The third-order valence-electron chi connectivity index (χ3n) is 4.95. The molecule has 0 amide bonds. The van der Waals surface area contributed by atoms with Gasteiger partial charge in [-0.1, -0.05) is 77.7 Å². The predicted octanol–water partition coefficient (Wildman–Crippen LogP) is 3.65. The second-order valence-corrected chi connectivity index (χ2v) is 8.44. The van der Waals surface area contributed by atoms with Crippen LogP contribution in [0.25, 0.3) is 23.0 Å². The standard InChI is InChI=1S/C25H25N2S2.HI/c1-3-26-22(20-12-7-5-8-13-20)18-28-24(26)16-11-17-25-27(4-2)23(19-29-25)21-14-9-6-10-15-21;/h5-19H,3-4H2,1-2H3;1H/q+1;/p-1. The van der Waals surface area contributed by atoms with Gasteiger partial charge in [-0.25, -0.2) is 0 Å². The van der Waals surface area contributed by atoms with Crippen LogP contribution in [0.3, 0.4) is 0 Å². The van der Waals surface area contributed by atoms with E-state index in [2.05, 4.69) is 113 Å². The van der Waals surface area contributed by atoms with Crippen LogP contribution in [0.2, 0.25) is 0 Å². The molecule has 1 aromatic heterocycles. The molecule has 0 bridgehead atoms. The molecule has 2 aromatic carbocycles. The number of thioether (sulfide) groups is 1. The first-order valence-corrected chi connectivity index (χ1v) is 11.7. The van der Waals surface area contributed by atoms with E-state index in [-0.39, 0.29) is 24.0 Å². The van der Waals surface area contributed by atoms with Crippen molar-refractivity contribution < 1.29 is 28.5 Å². The molecule has 1 aliphatic heterocycles. The second-order valence-electron chi connectivity index (χ2n) is 6.66. The Bertz CT molecular complexity index is 1050. The quantitative estimate of drug-likeness (QED) is 0.346. The van der Waals surface area contributed by atoms with E-state index in [0.717, 1.165) is 13.1 Å². The van der Waals surface area contributed by atoms with Crippen LogP contribution >= 0.6 is 23.1 Å². The van der Waals surface area contributed by atoms with Crippen molar-refractivity contribution >= 4 is 34.9 Å². The van der Waals surface area contributed by atoms with Crippen molar-refractivity contribution in [3.05, 3.63) is 99.2 Å². The number of hydrogen-bond donors (Lipinski definition) is 0. The maximum Gasteiger partial charge on any atom is 0.262 e. The zero-order valence-electron chi connectivity index (χ0n) is 17.2. The Labute approximate surface area is 204 Å². The summed E-state index contributed by atoms with van der Waals surface area (Å²) in [4.78, 5) is 2.38. The minimum absolute atomic E-state index is 0. The summed E-state index contributed by atoms with van der Waals surface area (Å²) in [6.45, 7) is 6.33. The molecule has 0 fully saturated rings. The lowest BCUT2D eigenvalue weighted by Gasteiger charge is -2.21. The van der Waals surface area contributed by atoms with Crippen LogP contribution in [0.5, 0.6) is 0 Å². The predicted molar refractivity (Wildman–Crippen MR) is 127 cm³/mol. The lowest BCUT2D eigenvalue weighted by molar-refractivity contribution is -0.679. The summed E-state index contributed by atoms with van der Waals surface area (Å²) in [5.41, 5.74) is 5.10. The number of allylic oxidation sites excluding steroid dienone is 2. The maximum absolute atomic E-state index is 2.38. The zero-order chi connectivity index (χ0) is 20.1. The van der Waals surface area contributed by atoms with Gasteiger partial charge in [0.15, 0.2) is 0 Å². The molecule has 0 aliphatic carbocycles. The van der Waals surface area contributed by atoms with Gasteiger partial charge in [0, 0.05) is 23.6 Å². The Morgan fingerprint density at radius 1 is 0.933 bits per heavy atom. The van der Waals surface area contributed by atoms with Crippen molar-refractivity contribution in [3.8, 4) is 11.3 Å². The minimum Gasteiger partial charge on any atom is -1.00 e. The number of hydrogen-bond acceptors (Lipinski definition) is 3. The van der Waals surface area contributed by atoms with E-state index in [1.807, 2.05) is 0 Å². The highest BCUT2D eigenvalue weighted by molar-refractivity contribution is 8.06. The third-order valence-corrected chi connectivity index (χ3v) is 6.82. The Morgan fingerprint density at radius 3 is 2.23 bits per heavy atom. The van der Waals surface area contributed by atoms with Crippen molar-refractivity contribution in [2.75, 3.05) is 6.54 Å². The van der Waals surface area contributed by atoms with Crippen molar-refractivity contribution in [2.24, 2.45) is 0 Å². The number of benzene rings is 2. The molecule has 2 heterocycles. The SMILES string of the molecule is CCN1C(=CC=Cc2scc(-c3ccccc3)[n+]2CC)SC=C1c1ccccc1.[I-]. The first kappa shape index (κ1) is 22.8. The van der Waals surface area contributed by atoms with Crippen LogP contribution in [0.1, 0.15) is 24.4 Å². The summed E-state index contributed by atoms with van der Waals surface area (Å²) >= 11 is 3.59. The third kappa shape index (κ3) is 4.90. The molecular weight excluding hydrogens is 519 g/mol. The number of thiazole rings is 1. The average molecular weight is 545 g/mol. The Hall–Kier alpha value is -1.83. The zero-order valence-corrected chi connectivity index (χ0v) is 21.0. The topological polar surface area (TPSA) is 7.12 Å². The molecule has 0 atom stereocenters. The first-order chi connectivity index (χ1) is 14.3. The normalized spacial score (nSPS) is 14.9. The summed E-state index contributed by atoms with van der Waals surface area (Å²) in [6.07, 6.45) is 6.63. The molecule has 154 valence electrons. The van der Waals surface area contributed by atoms with Gasteiger partial charge in [-0.15, -0.1) is 0 Å². The van der Waals surface area contributed by atoms with Crippen molar-refractivity contribution in [1.82, 2.24) is 4.90 Å². The average Bonchev–Trinajstić information content (AvgIpc) is 3.38. The monoisotopic (exact) mass is 544 g/mol. The summed E-state index contributed by atoms with van der Waals surface area (Å²) in [5, 5.41) is 7.04. The summed E-state index contributed by atoms with van der Waals surface area (Å²) in [6, 6.07) is 21.2. The highest BCUT2D eigenvalue weighted by atomic mass is 127. The summed E-state index contributed by atoms with van der Waals surface area (Å²) in [7, 11) is 0. The van der Waals surface area contributed by atoms with E-state index in [1.54, 1.807) is 23.1 Å². The summed E-state index contributed by atoms with van der Waals surface area (Å²) < 4.78 is 2.38. The van der Waals surface area contributed by atoms with E-state index < -0.39 is 0 Å². The van der Waals surface area contributed by atoms with Gasteiger partial charge in [0.25, 0.3) is 5.01 Å². The van der Waals surface area contributed by atoms with Gasteiger partial charge >= 0.3 is 0 Å². The van der Waals surface area contributed by atoms with E-state index in [9.17, 15) is 0 Å². The number of rotatable bonds is 6. The summed E-state index contributed by atoms with van der Waals surface area (Å²) in [5.74, 6) is 0. The van der Waals surface area contributed by atoms with Gasteiger partial charge in [-0.2, -0.15) is 4.57 Å². The molecule has 2 nitrogen and oxygen atoms in total. The van der Waals surface area contributed by atoms with Crippen LogP contribution in [0.4, 0.5) is 0 Å². The molecule has 0 spiro atoms. The number of aromatic nitrogens is 1. The Morgan fingerprint density at radius 2 is 1.60 bits per heavy atom. The van der Waals surface area contributed by atoms with Gasteiger partial charge in [0.2, 0.25) is 5.69 Å². The minimum atomic E-state index is 0. The largest absolute Gasteiger partial charge is 1.00 e. The number of halogens is 1. The fraction of sp³-hybridized carbons (Fsp3) is 0.160. The molecule has 0 radical (unpaired) electrons. The van der Waals surface area contributed by atoms with E-state index in [4.69, 9.17) is 0 Å². The lowest BCUT2D eigenvalue weighted by atomic mass is 10.1. The Balaban J connectivity index is 0.00000256. The second kappa shape index (κ2) is 11.0. The highest BCUT2D eigenvalue weighted by Gasteiger charge is 2.21. The van der Waals surface area contributed by atoms with Crippen LogP contribution in [-0.4, -0.2) is 11.4 Å². The lowest BCUT2D eigenvalue weighted by Crippen LogP contribution is -3.00. The van der Waals surface area contributed by atoms with Crippen LogP contribution in [0.15, 0.2) is 88.6 Å². The Kier molecular flexibility index (Phi) is 8.36. The highest BCUT2D eigenvalue weighted by Crippen LogP contribution is 2.39. The van der Waals surface area contributed by atoms with E-state index >= 15 is 0 Å². The van der Waals surface area contributed by atoms with Gasteiger partial charge in [-0.05, 0) is 37.6 Å². The molecule has 0 saturated heterocycles. The van der Waals surface area contributed by atoms with Crippen molar-refractivity contribution in [2.45, 2.75) is 20.4 Å². The van der Waals surface area contributed by atoms with Gasteiger partial charge in [0.05, 0.1) is 16.1 Å². The van der Waals surface area contributed by atoms with Crippen LogP contribution in [-0.2, 0) is 6.54 Å². The smallest absolute Gasteiger partial charge is 0.262 e. The molecule has 3 aromatic rings. The molecule has 0 unspecified atom stereocenters. The van der Waals surface area contributed by atoms with Gasteiger partial charge < -0.3 is 28.9 Å². The van der Waals surface area contributed by atoms with Gasteiger partial charge in [-0.3, -0.25) is 0 Å². The van der Waals surface area contributed by atoms with E-state index in [1.165, 1.54) is 32.6 Å². The molecule has 1 aliphatic rings. The maximum atomic E-state index is 2.38. The molecule has 4 rings (SSSR count). The molecule has 30 heavy (non-hydrogen) atoms. The first-order valence-electron chi connectivity index (χ1n) is 9.96. The number of nitrogens with zero attached hydrogens (tertiary/aromatic N) is 2. The van der Waals surface area contributed by atoms with E-state index in [0.29, 0.717) is 0 Å². The van der Waals surface area contributed by atoms with Crippen LogP contribution < -0.4 is 28.5 Å². The van der Waals surface area contributed by atoms with Crippen LogP contribution in [0, 0.1) is 0 Å². The fourth-order valence-corrected chi connectivity index (χ4v) is 5.53. The van der Waals surface area contributed by atoms with Crippen molar-refractivity contribution in [1.29, 1.82) is 0 Å². The molecule has 0 saturated carbocycles. The fourth-order valence-electron chi connectivity index (χ4n) is 3.51. The molecular formula is C25H25IN2S2. The molecule has 0 N–H and O–H groups in total. The van der Waals surface area contributed by atoms with Gasteiger partial charge in [0.1, 0.15) is 6.54 Å². The van der Waals surface area contributed by atoms with Crippen molar-refractivity contribution in [3.63, 3.8) is 0 Å². The molecule has 5 heteroatoms.